The van der Waals surface area contributed by atoms with Gasteiger partial charge in [0, 0.05) is 11.1 Å². The van der Waals surface area contributed by atoms with Gasteiger partial charge in [-0.1, -0.05) is 29.8 Å². The molecular formula is C18H16ClN3O3. The first-order valence-electron chi connectivity index (χ1n) is 7.62. The van der Waals surface area contributed by atoms with E-state index in [4.69, 9.17) is 16.3 Å². The molecule has 0 unspecified atom stereocenters. The predicted octanol–water partition coefficient (Wildman–Crippen LogP) is 3.26. The third-order valence-corrected chi connectivity index (χ3v) is 4.18. The lowest BCUT2D eigenvalue weighted by atomic mass is 10.2. The van der Waals surface area contributed by atoms with E-state index in [0.29, 0.717) is 21.8 Å². The van der Waals surface area contributed by atoms with Crippen molar-refractivity contribution in [3.8, 4) is 5.75 Å². The maximum absolute atomic E-state index is 12.5. The van der Waals surface area contributed by atoms with Crippen LogP contribution in [0.2, 0.25) is 5.02 Å². The maximum Gasteiger partial charge on any atom is 0.275 e. The van der Waals surface area contributed by atoms with E-state index in [1.807, 2.05) is 6.07 Å². The summed E-state index contributed by atoms with van der Waals surface area (Å²) in [7, 11) is 1.51. The Morgan fingerprint density at radius 2 is 2.04 bits per heavy atom. The second-order valence-electron chi connectivity index (χ2n) is 5.50. The summed E-state index contributed by atoms with van der Waals surface area (Å²) in [6, 6.07) is 11.3. The van der Waals surface area contributed by atoms with E-state index in [0.717, 1.165) is 5.39 Å². The third kappa shape index (κ3) is 3.34. The van der Waals surface area contributed by atoms with Gasteiger partial charge in [-0.15, -0.1) is 0 Å². The van der Waals surface area contributed by atoms with Crippen LogP contribution in [0.15, 0.2) is 53.5 Å². The Labute approximate surface area is 149 Å². The lowest BCUT2D eigenvalue weighted by Crippen LogP contribution is -2.33. The molecule has 1 heterocycles. The summed E-state index contributed by atoms with van der Waals surface area (Å²) < 4.78 is 6.25. The van der Waals surface area contributed by atoms with Crippen molar-refractivity contribution in [2.24, 2.45) is 0 Å². The number of carbonyl (C=O) groups excluding carboxylic acids is 1. The number of fused-ring (bicyclic) bond motifs is 1. The molecule has 3 aromatic rings. The number of carbonyl (C=O) groups is 1. The van der Waals surface area contributed by atoms with E-state index in [2.05, 4.69) is 10.4 Å². The molecule has 0 aliphatic carbocycles. The van der Waals surface area contributed by atoms with E-state index in [1.54, 1.807) is 49.5 Å². The highest BCUT2D eigenvalue weighted by molar-refractivity contribution is 6.32. The number of hydrogen-bond donors (Lipinski definition) is 1. The normalized spacial score (nSPS) is 12.0. The third-order valence-electron chi connectivity index (χ3n) is 3.89. The Bertz CT molecular complexity index is 1000. The number of rotatable bonds is 4. The van der Waals surface area contributed by atoms with Crippen LogP contribution in [0, 0.1) is 0 Å². The van der Waals surface area contributed by atoms with Crippen LogP contribution in [-0.2, 0) is 4.79 Å². The summed E-state index contributed by atoms with van der Waals surface area (Å²) in [4.78, 5) is 25.0. The van der Waals surface area contributed by atoms with Crippen molar-refractivity contribution >= 4 is 34.0 Å². The molecular weight excluding hydrogens is 342 g/mol. The Morgan fingerprint density at radius 1 is 1.28 bits per heavy atom. The van der Waals surface area contributed by atoms with E-state index in [-0.39, 0.29) is 11.5 Å². The molecule has 0 saturated carbocycles. The quantitative estimate of drug-likeness (QED) is 0.777. The summed E-state index contributed by atoms with van der Waals surface area (Å²) in [5.74, 6) is 0.145. The van der Waals surface area contributed by atoms with Gasteiger partial charge in [0.05, 0.1) is 23.7 Å². The first-order chi connectivity index (χ1) is 12.0. The molecule has 25 heavy (non-hydrogen) atoms. The molecule has 0 radical (unpaired) electrons. The molecule has 6 nitrogen and oxygen atoms in total. The summed E-state index contributed by atoms with van der Waals surface area (Å²) in [6.45, 7) is 1.61. The van der Waals surface area contributed by atoms with Crippen molar-refractivity contribution < 1.29 is 9.53 Å². The molecule has 0 fully saturated rings. The van der Waals surface area contributed by atoms with E-state index in [1.165, 1.54) is 11.8 Å². The fourth-order valence-electron chi connectivity index (χ4n) is 2.48. The SMILES string of the molecule is COc1ccc(NC(=O)[C@@H](C)n2ncc3ccccc3c2=O)cc1Cl. The molecule has 1 atom stereocenters. The smallest absolute Gasteiger partial charge is 0.275 e. The molecule has 1 aromatic heterocycles. The standard InChI is InChI=1S/C18H16ClN3O3/c1-11(17(23)21-13-7-8-16(25-2)15(19)9-13)22-18(24)14-6-4-3-5-12(14)10-20-22/h3-11H,1-2H3,(H,21,23)/t11-/m1/s1. The van der Waals surface area contributed by atoms with Crippen LogP contribution in [0.4, 0.5) is 5.69 Å². The van der Waals surface area contributed by atoms with Crippen LogP contribution in [-0.4, -0.2) is 22.8 Å². The van der Waals surface area contributed by atoms with Crippen LogP contribution in [0.1, 0.15) is 13.0 Å². The van der Waals surface area contributed by atoms with Crippen molar-refractivity contribution in [2.45, 2.75) is 13.0 Å². The average Bonchev–Trinajstić information content (AvgIpc) is 2.62. The molecule has 0 aliphatic rings. The van der Waals surface area contributed by atoms with Crippen LogP contribution in [0.5, 0.6) is 5.75 Å². The topological polar surface area (TPSA) is 73.2 Å². The van der Waals surface area contributed by atoms with Crippen LogP contribution < -0.4 is 15.6 Å². The highest BCUT2D eigenvalue weighted by Gasteiger charge is 2.19. The second kappa shape index (κ2) is 6.94. The summed E-state index contributed by atoms with van der Waals surface area (Å²) in [5, 5.41) is 8.48. The fraction of sp³-hybridized carbons (Fsp3) is 0.167. The number of halogens is 1. The first kappa shape index (κ1) is 17.0. The molecule has 128 valence electrons. The van der Waals surface area contributed by atoms with Gasteiger partial charge in [-0.2, -0.15) is 5.10 Å². The van der Waals surface area contributed by atoms with Gasteiger partial charge >= 0.3 is 0 Å². The molecule has 0 aliphatic heterocycles. The number of ether oxygens (including phenoxy) is 1. The molecule has 7 heteroatoms. The Morgan fingerprint density at radius 3 is 2.76 bits per heavy atom. The largest absolute Gasteiger partial charge is 0.495 e. The van der Waals surface area contributed by atoms with Crippen LogP contribution >= 0.6 is 11.6 Å². The van der Waals surface area contributed by atoms with E-state index < -0.39 is 6.04 Å². The average molecular weight is 358 g/mol. The molecule has 0 saturated heterocycles. The van der Waals surface area contributed by atoms with Crippen LogP contribution in [0.25, 0.3) is 10.8 Å². The Hall–Kier alpha value is -2.86. The Balaban J connectivity index is 1.87. The Kier molecular flexibility index (Phi) is 4.72. The lowest BCUT2D eigenvalue weighted by Gasteiger charge is -2.15. The number of aromatic nitrogens is 2. The van der Waals surface area contributed by atoms with Crippen molar-refractivity contribution in [3.63, 3.8) is 0 Å². The number of nitrogens with zero attached hydrogens (tertiary/aromatic N) is 2. The van der Waals surface area contributed by atoms with Gasteiger partial charge in [0.15, 0.2) is 0 Å². The van der Waals surface area contributed by atoms with Gasteiger partial charge in [-0.3, -0.25) is 9.59 Å². The van der Waals surface area contributed by atoms with Gasteiger partial charge in [0.2, 0.25) is 5.91 Å². The maximum atomic E-state index is 12.5. The van der Waals surface area contributed by atoms with E-state index in [9.17, 15) is 9.59 Å². The molecule has 2 aromatic carbocycles. The zero-order valence-electron chi connectivity index (χ0n) is 13.7. The summed E-state index contributed by atoms with van der Waals surface area (Å²) >= 11 is 6.06. The van der Waals surface area contributed by atoms with Gasteiger partial charge in [-0.05, 0) is 31.2 Å². The number of hydrogen-bond acceptors (Lipinski definition) is 4. The van der Waals surface area contributed by atoms with Gasteiger partial charge in [0.1, 0.15) is 11.8 Å². The molecule has 3 rings (SSSR count). The number of benzene rings is 2. The zero-order chi connectivity index (χ0) is 18.0. The van der Waals surface area contributed by atoms with Crippen molar-refractivity contribution in [1.29, 1.82) is 0 Å². The van der Waals surface area contributed by atoms with E-state index >= 15 is 0 Å². The van der Waals surface area contributed by atoms with Crippen molar-refractivity contribution in [2.75, 3.05) is 12.4 Å². The highest BCUT2D eigenvalue weighted by Crippen LogP contribution is 2.27. The highest BCUT2D eigenvalue weighted by atomic mass is 35.5. The second-order valence-corrected chi connectivity index (χ2v) is 5.90. The van der Waals surface area contributed by atoms with Crippen molar-refractivity contribution in [1.82, 2.24) is 9.78 Å². The fourth-order valence-corrected chi connectivity index (χ4v) is 2.74. The number of amides is 1. The zero-order valence-corrected chi connectivity index (χ0v) is 14.4. The number of anilines is 1. The van der Waals surface area contributed by atoms with Gasteiger partial charge in [-0.25, -0.2) is 4.68 Å². The van der Waals surface area contributed by atoms with Gasteiger partial charge in [0.25, 0.3) is 5.56 Å². The monoisotopic (exact) mass is 357 g/mol. The van der Waals surface area contributed by atoms with Crippen LogP contribution in [0.3, 0.4) is 0 Å². The number of nitrogens with one attached hydrogen (secondary N) is 1. The predicted molar refractivity (Wildman–Crippen MR) is 97.3 cm³/mol. The molecule has 1 N–H and O–H groups in total. The molecule has 0 spiro atoms. The number of methoxy groups -OCH3 is 1. The molecule has 1 amide bonds. The van der Waals surface area contributed by atoms with Crippen molar-refractivity contribution in [3.05, 3.63) is 64.0 Å². The molecule has 0 bridgehead atoms. The minimum Gasteiger partial charge on any atom is -0.495 e. The van der Waals surface area contributed by atoms with Gasteiger partial charge < -0.3 is 10.1 Å². The lowest BCUT2D eigenvalue weighted by molar-refractivity contribution is -0.119. The summed E-state index contributed by atoms with van der Waals surface area (Å²) in [6.07, 6.45) is 1.57. The minimum absolute atomic E-state index is 0.312. The first-order valence-corrected chi connectivity index (χ1v) is 8.00. The minimum atomic E-state index is -0.780. The summed E-state index contributed by atoms with van der Waals surface area (Å²) in [5.41, 5.74) is 0.199.